The van der Waals surface area contributed by atoms with Gasteiger partial charge in [0, 0.05) is 18.0 Å². The second-order valence-corrected chi connectivity index (χ2v) is 12.6. The van der Waals surface area contributed by atoms with Gasteiger partial charge in [0.25, 0.3) is 0 Å². The molecule has 0 amide bonds. The molecule has 0 saturated carbocycles. The molecule has 212 valence electrons. The summed E-state index contributed by atoms with van der Waals surface area (Å²) >= 11 is 0. The van der Waals surface area contributed by atoms with Crippen LogP contribution in [-0.4, -0.2) is 71.0 Å². The summed E-state index contributed by atoms with van der Waals surface area (Å²) in [6.45, 7) is 11.0. The molecule has 6 atom stereocenters. The molecule has 5 rings (SSSR count). The molecular weight excluding hydrogens is 502 g/mol. The van der Waals surface area contributed by atoms with Crippen LogP contribution in [0, 0.1) is 12.8 Å². The van der Waals surface area contributed by atoms with Crippen molar-refractivity contribution in [3.8, 4) is 5.75 Å². The summed E-state index contributed by atoms with van der Waals surface area (Å²) in [6.07, 6.45) is 1.38. The molecule has 39 heavy (non-hydrogen) atoms. The Hall–Kier alpha value is -2.91. The van der Waals surface area contributed by atoms with Gasteiger partial charge in [-0.1, -0.05) is 19.1 Å². The quantitative estimate of drug-likeness (QED) is 0.429. The molecule has 0 radical (unpaired) electrons. The summed E-state index contributed by atoms with van der Waals surface area (Å²) < 4.78 is 23.0. The summed E-state index contributed by atoms with van der Waals surface area (Å²) in [5.74, 6) is -1.56. The number of esters is 3. The van der Waals surface area contributed by atoms with Crippen LogP contribution in [0.1, 0.15) is 70.6 Å². The van der Waals surface area contributed by atoms with Crippen LogP contribution in [0.4, 0.5) is 0 Å². The van der Waals surface area contributed by atoms with Gasteiger partial charge in [0.05, 0.1) is 23.4 Å². The number of nitrogens with zero attached hydrogens (tertiary/aromatic N) is 1. The Morgan fingerprint density at radius 1 is 1.21 bits per heavy atom. The van der Waals surface area contributed by atoms with Crippen molar-refractivity contribution in [2.24, 2.45) is 5.92 Å². The minimum absolute atomic E-state index is 0.0844. The zero-order chi connectivity index (χ0) is 28.5. The monoisotopic (exact) mass is 541 g/mol. The van der Waals surface area contributed by atoms with Gasteiger partial charge in [-0.15, -0.1) is 0 Å². The van der Waals surface area contributed by atoms with E-state index in [1.165, 1.54) is 6.92 Å². The van der Waals surface area contributed by atoms with E-state index in [1.54, 1.807) is 33.8 Å². The van der Waals surface area contributed by atoms with Crippen LogP contribution in [0.2, 0.25) is 0 Å². The summed E-state index contributed by atoms with van der Waals surface area (Å²) in [6, 6.07) is 4.08. The molecule has 2 aliphatic carbocycles. The van der Waals surface area contributed by atoms with Crippen molar-refractivity contribution in [2.75, 3.05) is 13.6 Å². The Balaban J connectivity index is 1.32. The largest absolute Gasteiger partial charge is 0.481 e. The van der Waals surface area contributed by atoms with Crippen LogP contribution in [0.25, 0.3) is 0 Å². The highest BCUT2D eigenvalue weighted by atomic mass is 16.6. The highest BCUT2D eigenvalue weighted by Crippen LogP contribution is 2.64. The molecule has 9 heteroatoms. The van der Waals surface area contributed by atoms with Gasteiger partial charge >= 0.3 is 17.9 Å². The Morgan fingerprint density at radius 2 is 1.92 bits per heavy atom. The van der Waals surface area contributed by atoms with E-state index in [-0.39, 0.29) is 12.5 Å². The van der Waals surface area contributed by atoms with Crippen LogP contribution in [0.3, 0.4) is 0 Å². The Bertz CT molecular complexity index is 1250. The van der Waals surface area contributed by atoms with Gasteiger partial charge in [0.2, 0.25) is 0 Å². The summed E-state index contributed by atoms with van der Waals surface area (Å²) in [5, 5.41) is 12.2. The van der Waals surface area contributed by atoms with E-state index in [4.69, 9.17) is 18.9 Å². The van der Waals surface area contributed by atoms with Crippen molar-refractivity contribution in [1.82, 2.24) is 4.90 Å². The second kappa shape index (κ2) is 9.34. The van der Waals surface area contributed by atoms with Crippen LogP contribution >= 0.6 is 0 Å². The van der Waals surface area contributed by atoms with E-state index in [9.17, 15) is 19.5 Å². The Labute approximate surface area is 229 Å². The number of aryl methyl sites for hydroxylation is 1. The minimum Gasteiger partial charge on any atom is -0.481 e. The molecule has 1 saturated heterocycles. The smallest absolute Gasteiger partial charge is 0.352 e. The number of hydrogen-bond acceptors (Lipinski definition) is 9. The predicted molar refractivity (Wildman–Crippen MR) is 141 cm³/mol. The zero-order valence-electron chi connectivity index (χ0n) is 23.8. The van der Waals surface area contributed by atoms with E-state index in [1.807, 2.05) is 20.0 Å². The van der Waals surface area contributed by atoms with E-state index in [0.29, 0.717) is 18.6 Å². The maximum Gasteiger partial charge on any atom is 0.352 e. The van der Waals surface area contributed by atoms with Crippen molar-refractivity contribution in [2.45, 2.75) is 102 Å². The van der Waals surface area contributed by atoms with E-state index in [0.717, 1.165) is 35.4 Å². The van der Waals surface area contributed by atoms with Gasteiger partial charge in [-0.25, -0.2) is 4.79 Å². The van der Waals surface area contributed by atoms with Crippen molar-refractivity contribution >= 4 is 17.9 Å². The van der Waals surface area contributed by atoms with Crippen LogP contribution in [0.15, 0.2) is 24.0 Å². The molecule has 1 aromatic carbocycles. The lowest BCUT2D eigenvalue weighted by molar-refractivity contribution is -0.176. The molecule has 0 unspecified atom stereocenters. The molecule has 1 fully saturated rings. The Morgan fingerprint density at radius 3 is 2.62 bits per heavy atom. The van der Waals surface area contributed by atoms with E-state index >= 15 is 0 Å². The molecule has 2 aliphatic heterocycles. The fraction of sp³-hybridized carbons (Fsp3) is 0.633. The number of ether oxygens (including phenoxy) is 4. The zero-order valence-corrected chi connectivity index (χ0v) is 23.8. The lowest BCUT2D eigenvalue weighted by atomic mass is 9.50. The number of piperidine rings is 1. The number of aliphatic hydroxyl groups is 1. The number of rotatable bonds is 6. The maximum atomic E-state index is 13.1. The third kappa shape index (κ3) is 4.34. The number of carbonyl (C=O) groups is 3. The molecule has 2 heterocycles. The molecule has 1 N–H and O–H groups in total. The van der Waals surface area contributed by atoms with Crippen LogP contribution in [0.5, 0.6) is 5.75 Å². The summed E-state index contributed by atoms with van der Waals surface area (Å²) in [4.78, 5) is 40.0. The minimum atomic E-state index is -1.19. The first-order valence-corrected chi connectivity index (χ1v) is 13.7. The fourth-order valence-electron chi connectivity index (χ4n) is 6.81. The van der Waals surface area contributed by atoms with Gasteiger partial charge in [-0.2, -0.15) is 0 Å². The summed E-state index contributed by atoms with van der Waals surface area (Å²) in [7, 11) is 2.04. The average molecular weight is 542 g/mol. The number of hydrogen-bond donors (Lipinski definition) is 1. The van der Waals surface area contributed by atoms with Gasteiger partial charge in [-0.05, 0) is 78.3 Å². The lowest BCUT2D eigenvalue weighted by Gasteiger charge is -2.61. The van der Waals surface area contributed by atoms with Gasteiger partial charge < -0.3 is 29.0 Å². The summed E-state index contributed by atoms with van der Waals surface area (Å²) in [5.41, 5.74) is 0.711. The number of likely N-dealkylation sites (tertiary alicyclic amines) is 1. The third-order valence-electron chi connectivity index (χ3n) is 8.71. The van der Waals surface area contributed by atoms with Crippen LogP contribution < -0.4 is 4.74 Å². The highest BCUT2D eigenvalue weighted by Gasteiger charge is 2.71. The predicted octanol–water partition coefficient (Wildman–Crippen LogP) is 3.12. The normalized spacial score (nSPS) is 30.3. The number of likely N-dealkylation sites (N-methyl/N-ethyl adjacent to an activating group) is 1. The molecule has 0 aromatic heterocycles. The van der Waals surface area contributed by atoms with Crippen LogP contribution in [-0.2, 0) is 40.4 Å². The van der Waals surface area contributed by atoms with Gasteiger partial charge in [0.15, 0.2) is 12.2 Å². The molecule has 2 bridgehead atoms. The fourth-order valence-corrected chi connectivity index (χ4v) is 6.81. The average Bonchev–Trinajstić information content (AvgIpc) is 3.19. The molecular formula is C30H39NO8. The molecule has 4 aliphatic rings. The van der Waals surface area contributed by atoms with Crippen molar-refractivity contribution in [3.05, 3.63) is 40.7 Å². The van der Waals surface area contributed by atoms with E-state index < -0.39 is 52.7 Å². The lowest BCUT2D eigenvalue weighted by Crippen LogP contribution is -2.74. The SMILES string of the molecule is Cc1ccc2c3c1O[C@H]1C(OC(=O)[C@H](C)OC(=O)C[C@H](C)C(=O)OC(C)(C)C)=CC[C@@]4(O)[C@@H](C2)N(C)CC[C@]314. The van der Waals surface area contributed by atoms with Crippen molar-refractivity contribution in [1.29, 1.82) is 0 Å². The Kier molecular flexibility index (Phi) is 6.62. The van der Waals surface area contributed by atoms with Crippen molar-refractivity contribution in [3.63, 3.8) is 0 Å². The standard InChI is InChI=1S/C30H39NO8/c1-16-8-9-19-15-21-30(35)11-10-20(25-29(30,12-13-31(21)7)23(19)24(16)38-25)37-27(34)18(3)36-22(32)14-17(2)26(33)39-28(4,5)6/h8-10,17-18,21,25,35H,11-15H2,1-7H3/t17-,18-,21+,25-,29-,30+/m0/s1. The first-order valence-electron chi connectivity index (χ1n) is 13.7. The third-order valence-corrected chi connectivity index (χ3v) is 8.71. The number of benzene rings is 1. The number of carbonyl (C=O) groups excluding carboxylic acids is 3. The molecule has 1 spiro atoms. The van der Waals surface area contributed by atoms with Gasteiger partial charge in [0.1, 0.15) is 17.1 Å². The maximum absolute atomic E-state index is 13.1. The van der Waals surface area contributed by atoms with E-state index in [2.05, 4.69) is 11.0 Å². The van der Waals surface area contributed by atoms with Crippen molar-refractivity contribution < 1.29 is 38.4 Å². The van der Waals surface area contributed by atoms with Gasteiger partial charge in [-0.3, -0.25) is 9.59 Å². The first-order chi connectivity index (χ1) is 18.2. The topological polar surface area (TPSA) is 112 Å². The molecule has 1 aromatic rings. The molecule has 9 nitrogen and oxygen atoms in total. The highest BCUT2D eigenvalue weighted by molar-refractivity contribution is 5.83. The second-order valence-electron chi connectivity index (χ2n) is 12.6. The first kappa shape index (κ1) is 27.6.